The predicted molar refractivity (Wildman–Crippen MR) is 167 cm³/mol. The molecule has 0 unspecified atom stereocenters. The van der Waals surface area contributed by atoms with Gasteiger partial charge in [-0.05, 0) is 79.8 Å². The van der Waals surface area contributed by atoms with E-state index in [4.69, 9.17) is 29.4 Å². The van der Waals surface area contributed by atoms with Gasteiger partial charge in [0.15, 0.2) is 11.5 Å². The quantitative estimate of drug-likeness (QED) is 0.183. The lowest BCUT2D eigenvalue weighted by Crippen LogP contribution is -2.35. The standard InChI is InChI=1S/C34H37N3O7/c1-40-24-13-9-23(10-14-24)37-33(38)19-22-7-11-26(12-8-22)43-30-15-17-36-29-21-32(31(41-2)20-27(29)30)42-18-16-28(35)34(39)44-25-5-3-4-6-25/h7-15,17,20-21,25,28H,3-6,16,18-19,35H2,1-2H3,(H,37,38)/t28-/m0/s1. The lowest BCUT2D eigenvalue weighted by Gasteiger charge is -2.17. The van der Waals surface area contributed by atoms with E-state index in [1.807, 2.05) is 24.3 Å². The highest BCUT2D eigenvalue weighted by Crippen LogP contribution is 2.37. The van der Waals surface area contributed by atoms with Crippen LogP contribution in [0.3, 0.4) is 0 Å². The minimum absolute atomic E-state index is 0.0206. The summed E-state index contributed by atoms with van der Waals surface area (Å²) < 4.78 is 28.4. The molecule has 0 aliphatic heterocycles. The summed E-state index contributed by atoms with van der Waals surface area (Å²) in [7, 11) is 3.15. The van der Waals surface area contributed by atoms with Crippen LogP contribution in [0, 0.1) is 0 Å². The van der Waals surface area contributed by atoms with Gasteiger partial charge in [-0.1, -0.05) is 12.1 Å². The Balaban J connectivity index is 1.19. The number of rotatable bonds is 13. The number of pyridine rings is 1. The maximum absolute atomic E-state index is 12.5. The summed E-state index contributed by atoms with van der Waals surface area (Å²) in [5.74, 6) is 2.38. The molecule has 230 valence electrons. The highest BCUT2D eigenvalue weighted by Gasteiger charge is 2.23. The van der Waals surface area contributed by atoms with Crippen LogP contribution in [-0.2, 0) is 20.7 Å². The van der Waals surface area contributed by atoms with E-state index in [-0.39, 0.29) is 31.0 Å². The summed E-state index contributed by atoms with van der Waals surface area (Å²) in [4.78, 5) is 29.3. The molecule has 3 N–H and O–H groups in total. The Hall–Kier alpha value is -4.83. The van der Waals surface area contributed by atoms with Gasteiger partial charge in [0, 0.05) is 29.8 Å². The number of fused-ring (bicyclic) bond motifs is 1. The number of benzene rings is 3. The van der Waals surface area contributed by atoms with Crippen molar-refractivity contribution in [2.75, 3.05) is 26.1 Å². The molecule has 1 saturated carbocycles. The van der Waals surface area contributed by atoms with Crippen LogP contribution in [0.2, 0.25) is 0 Å². The number of amides is 1. The van der Waals surface area contributed by atoms with E-state index in [0.29, 0.717) is 40.6 Å². The average molecular weight is 600 g/mol. The molecule has 0 bridgehead atoms. The number of methoxy groups -OCH3 is 2. The van der Waals surface area contributed by atoms with Crippen molar-refractivity contribution in [1.29, 1.82) is 0 Å². The second-order valence-electron chi connectivity index (χ2n) is 10.6. The van der Waals surface area contributed by atoms with Gasteiger partial charge in [0.05, 0.1) is 32.8 Å². The summed E-state index contributed by atoms with van der Waals surface area (Å²) in [6, 6.07) is 19.1. The fraction of sp³-hybridized carbons (Fsp3) is 0.324. The molecule has 3 aromatic carbocycles. The molecule has 0 saturated heterocycles. The Kier molecular flexibility index (Phi) is 10.1. The van der Waals surface area contributed by atoms with Crippen LogP contribution in [0.1, 0.15) is 37.7 Å². The van der Waals surface area contributed by atoms with E-state index in [9.17, 15) is 9.59 Å². The maximum Gasteiger partial charge on any atom is 0.323 e. The molecule has 1 heterocycles. The van der Waals surface area contributed by atoms with Gasteiger partial charge in [0.25, 0.3) is 0 Å². The normalized spacial score (nSPS) is 13.7. The Morgan fingerprint density at radius 2 is 1.64 bits per heavy atom. The molecule has 10 nitrogen and oxygen atoms in total. The van der Waals surface area contributed by atoms with Crippen molar-refractivity contribution in [2.45, 2.75) is 50.7 Å². The van der Waals surface area contributed by atoms with Gasteiger partial charge in [-0.15, -0.1) is 0 Å². The minimum Gasteiger partial charge on any atom is -0.497 e. The van der Waals surface area contributed by atoms with Gasteiger partial charge in [-0.3, -0.25) is 14.6 Å². The van der Waals surface area contributed by atoms with Crippen LogP contribution in [-0.4, -0.2) is 49.8 Å². The Bertz CT molecular complexity index is 1570. The minimum atomic E-state index is -0.755. The molecule has 1 aliphatic rings. The summed E-state index contributed by atoms with van der Waals surface area (Å²) in [6.45, 7) is 0.212. The highest BCUT2D eigenvalue weighted by atomic mass is 16.5. The van der Waals surface area contributed by atoms with E-state index in [2.05, 4.69) is 10.3 Å². The number of ether oxygens (including phenoxy) is 5. The van der Waals surface area contributed by atoms with Gasteiger partial charge >= 0.3 is 5.97 Å². The third kappa shape index (κ3) is 7.96. The topological polar surface area (TPSA) is 131 Å². The second-order valence-corrected chi connectivity index (χ2v) is 10.6. The molecule has 1 amide bonds. The van der Waals surface area contributed by atoms with Gasteiger partial charge in [0.1, 0.15) is 29.4 Å². The van der Waals surface area contributed by atoms with Crippen LogP contribution in [0.25, 0.3) is 10.9 Å². The number of aromatic nitrogens is 1. The lowest BCUT2D eigenvalue weighted by atomic mass is 10.1. The number of esters is 1. The third-order valence-electron chi connectivity index (χ3n) is 7.45. The molecule has 5 rings (SSSR count). The molecule has 1 atom stereocenters. The average Bonchev–Trinajstić information content (AvgIpc) is 3.55. The number of nitrogens with two attached hydrogens (primary N) is 1. The van der Waals surface area contributed by atoms with Gasteiger partial charge in [0.2, 0.25) is 5.91 Å². The first-order chi connectivity index (χ1) is 21.4. The SMILES string of the molecule is COc1ccc(NC(=O)Cc2ccc(Oc3ccnc4cc(OCC[C@H](N)C(=O)OC5CCCC5)c(OC)cc34)cc2)cc1. The van der Waals surface area contributed by atoms with E-state index < -0.39 is 6.04 Å². The smallest absolute Gasteiger partial charge is 0.323 e. The molecular weight excluding hydrogens is 562 g/mol. The van der Waals surface area contributed by atoms with Crippen LogP contribution >= 0.6 is 0 Å². The molecule has 1 aliphatic carbocycles. The van der Waals surface area contributed by atoms with Crippen molar-refractivity contribution in [3.63, 3.8) is 0 Å². The maximum atomic E-state index is 12.5. The number of carbonyl (C=O) groups excluding carboxylic acids is 2. The van der Waals surface area contributed by atoms with Gasteiger partial charge in [-0.25, -0.2) is 0 Å². The van der Waals surface area contributed by atoms with E-state index >= 15 is 0 Å². The zero-order chi connectivity index (χ0) is 30.9. The van der Waals surface area contributed by atoms with E-state index in [0.717, 1.165) is 42.4 Å². The molecule has 1 fully saturated rings. The largest absolute Gasteiger partial charge is 0.497 e. The van der Waals surface area contributed by atoms with Crippen molar-refractivity contribution >= 4 is 28.5 Å². The Morgan fingerprint density at radius 1 is 0.909 bits per heavy atom. The number of carbonyl (C=O) groups is 2. The van der Waals surface area contributed by atoms with E-state index in [1.165, 1.54) is 0 Å². The molecule has 4 aromatic rings. The lowest BCUT2D eigenvalue weighted by molar-refractivity contribution is -0.150. The summed E-state index contributed by atoms with van der Waals surface area (Å²) in [6.07, 6.45) is 6.12. The fourth-order valence-corrected chi connectivity index (χ4v) is 5.03. The monoisotopic (exact) mass is 599 g/mol. The predicted octanol–water partition coefficient (Wildman–Crippen LogP) is 5.81. The summed E-state index contributed by atoms with van der Waals surface area (Å²) in [5.41, 5.74) is 8.24. The van der Waals surface area contributed by atoms with Crippen LogP contribution in [0.4, 0.5) is 5.69 Å². The first kappa shape index (κ1) is 30.6. The Labute approximate surface area is 256 Å². The summed E-state index contributed by atoms with van der Waals surface area (Å²) >= 11 is 0. The molecule has 1 aromatic heterocycles. The number of anilines is 1. The number of nitrogens with zero attached hydrogens (tertiary/aromatic N) is 1. The summed E-state index contributed by atoms with van der Waals surface area (Å²) in [5, 5.41) is 3.62. The third-order valence-corrected chi connectivity index (χ3v) is 7.45. The van der Waals surface area contributed by atoms with Crippen LogP contribution in [0.15, 0.2) is 72.9 Å². The van der Waals surface area contributed by atoms with Crippen molar-refractivity contribution in [3.8, 4) is 28.7 Å². The molecule has 10 heteroatoms. The van der Waals surface area contributed by atoms with Crippen LogP contribution in [0.5, 0.6) is 28.7 Å². The molecular formula is C34H37N3O7. The van der Waals surface area contributed by atoms with E-state index in [1.54, 1.807) is 62.9 Å². The zero-order valence-corrected chi connectivity index (χ0v) is 24.9. The second kappa shape index (κ2) is 14.6. The first-order valence-electron chi connectivity index (χ1n) is 14.7. The zero-order valence-electron chi connectivity index (χ0n) is 24.9. The van der Waals surface area contributed by atoms with Crippen molar-refractivity contribution in [3.05, 3.63) is 78.5 Å². The van der Waals surface area contributed by atoms with Gasteiger partial charge in [-0.2, -0.15) is 0 Å². The molecule has 0 spiro atoms. The van der Waals surface area contributed by atoms with Crippen molar-refractivity contribution in [2.24, 2.45) is 5.73 Å². The first-order valence-corrected chi connectivity index (χ1v) is 14.7. The van der Waals surface area contributed by atoms with Crippen LogP contribution < -0.4 is 30.0 Å². The molecule has 44 heavy (non-hydrogen) atoms. The van der Waals surface area contributed by atoms with Crippen molar-refractivity contribution in [1.82, 2.24) is 4.98 Å². The number of hydrogen-bond donors (Lipinski definition) is 2. The Morgan fingerprint density at radius 3 is 2.34 bits per heavy atom. The van der Waals surface area contributed by atoms with Crippen molar-refractivity contribution < 1.29 is 33.3 Å². The number of nitrogens with one attached hydrogen (secondary N) is 1. The molecule has 0 radical (unpaired) electrons. The fourth-order valence-electron chi connectivity index (χ4n) is 5.03. The van der Waals surface area contributed by atoms with Gasteiger partial charge < -0.3 is 34.7 Å². The highest BCUT2D eigenvalue weighted by molar-refractivity contribution is 5.92. The number of hydrogen-bond acceptors (Lipinski definition) is 9.